The standard InChI is InChI=1S/C25H36N8O7/c26-14-27-7-3-6-20(32-23(38)12-30-22(37)11-28-15-35)25(40)33-21(24(39)31-10-17(36)13-34)8-16-9-29-19-5-2-1-4-18(16)19/h1-2,4-5,9,14-15,17,20-21,29,34,36H,3,6-8,10-13H2,(H2,26,27)(H,28,35)(H,30,37)(H,31,39)(H,32,38)(H,33,40)/t17?,20-,21-/m0/s1. The number of aromatic amines is 1. The highest BCUT2D eigenvalue weighted by atomic mass is 16.3. The van der Waals surface area contributed by atoms with Crippen LogP contribution in [-0.4, -0.2) is 103 Å². The monoisotopic (exact) mass is 560 g/mol. The molecule has 0 fully saturated rings. The number of hydrogen-bond donors (Lipinski definition) is 9. The summed E-state index contributed by atoms with van der Waals surface area (Å²) in [6, 6.07) is 5.27. The second-order valence-electron chi connectivity index (χ2n) is 8.80. The van der Waals surface area contributed by atoms with Crippen molar-refractivity contribution in [3.05, 3.63) is 36.0 Å². The van der Waals surface area contributed by atoms with E-state index in [-0.39, 0.29) is 25.9 Å². The average Bonchev–Trinajstić information content (AvgIpc) is 3.37. The number of H-pyrrole nitrogens is 1. The topological polar surface area (TPSA) is 240 Å². The van der Waals surface area contributed by atoms with Gasteiger partial charge in [0.1, 0.15) is 12.1 Å². The molecule has 1 aromatic carbocycles. The number of aromatic nitrogens is 1. The quantitative estimate of drug-likeness (QED) is 0.0388. The molecular weight excluding hydrogens is 524 g/mol. The molecular formula is C25H36N8O7. The summed E-state index contributed by atoms with van der Waals surface area (Å²) >= 11 is 0. The zero-order valence-corrected chi connectivity index (χ0v) is 21.9. The normalized spacial score (nSPS) is 13.2. The van der Waals surface area contributed by atoms with Crippen LogP contribution < -0.4 is 32.3 Å². The first kappa shape index (κ1) is 31.7. The van der Waals surface area contributed by atoms with E-state index in [9.17, 15) is 29.1 Å². The molecule has 2 rings (SSSR count). The molecule has 1 heterocycles. The van der Waals surface area contributed by atoms with Crippen LogP contribution in [0.1, 0.15) is 18.4 Å². The van der Waals surface area contributed by atoms with E-state index in [2.05, 4.69) is 36.6 Å². The largest absolute Gasteiger partial charge is 0.394 e. The number of hydrogen-bond acceptors (Lipinski definition) is 8. The van der Waals surface area contributed by atoms with E-state index < -0.39 is 55.0 Å². The highest BCUT2D eigenvalue weighted by Gasteiger charge is 2.28. The Morgan fingerprint density at radius 2 is 1.80 bits per heavy atom. The smallest absolute Gasteiger partial charge is 0.243 e. The van der Waals surface area contributed by atoms with Crippen molar-refractivity contribution in [2.75, 3.05) is 32.8 Å². The third-order valence-electron chi connectivity index (χ3n) is 5.78. The van der Waals surface area contributed by atoms with Crippen LogP contribution in [0, 0.1) is 0 Å². The van der Waals surface area contributed by atoms with Gasteiger partial charge in [0.25, 0.3) is 0 Å². The zero-order chi connectivity index (χ0) is 29.3. The summed E-state index contributed by atoms with van der Waals surface area (Å²) in [7, 11) is 0. The lowest BCUT2D eigenvalue weighted by atomic mass is 10.0. The molecule has 0 saturated heterocycles. The summed E-state index contributed by atoms with van der Waals surface area (Å²) in [5.74, 6) is -2.51. The van der Waals surface area contributed by atoms with Crippen LogP contribution >= 0.6 is 0 Å². The van der Waals surface area contributed by atoms with Crippen LogP contribution in [0.25, 0.3) is 10.9 Å². The molecule has 218 valence electrons. The van der Waals surface area contributed by atoms with Gasteiger partial charge in [-0.25, -0.2) is 0 Å². The lowest BCUT2D eigenvalue weighted by molar-refractivity contribution is -0.132. The van der Waals surface area contributed by atoms with Crippen LogP contribution in [0.4, 0.5) is 0 Å². The minimum absolute atomic E-state index is 0.0920. The molecule has 0 bridgehead atoms. The van der Waals surface area contributed by atoms with Crippen molar-refractivity contribution in [3.63, 3.8) is 0 Å². The average molecular weight is 561 g/mol. The number of nitrogens with one attached hydrogen (secondary N) is 6. The summed E-state index contributed by atoms with van der Waals surface area (Å²) in [6.07, 6.45) is 2.64. The van der Waals surface area contributed by atoms with Crippen molar-refractivity contribution in [2.24, 2.45) is 10.7 Å². The first-order chi connectivity index (χ1) is 19.3. The molecule has 15 nitrogen and oxygen atoms in total. The summed E-state index contributed by atoms with van der Waals surface area (Å²) in [4.78, 5) is 67.8. The molecule has 15 heteroatoms. The molecule has 0 saturated carbocycles. The highest BCUT2D eigenvalue weighted by Crippen LogP contribution is 2.19. The Kier molecular flexibility index (Phi) is 13.6. The van der Waals surface area contributed by atoms with Gasteiger partial charge in [0.05, 0.1) is 32.1 Å². The second kappa shape index (κ2) is 17.2. The van der Waals surface area contributed by atoms with Crippen LogP contribution in [0.2, 0.25) is 0 Å². The van der Waals surface area contributed by atoms with Crippen LogP contribution in [0.5, 0.6) is 0 Å². The maximum Gasteiger partial charge on any atom is 0.243 e. The van der Waals surface area contributed by atoms with Crippen LogP contribution in [0.3, 0.4) is 0 Å². The number of aliphatic hydroxyl groups is 2. The van der Waals surface area contributed by atoms with Crippen molar-refractivity contribution in [1.82, 2.24) is 31.6 Å². The molecule has 5 amide bonds. The summed E-state index contributed by atoms with van der Waals surface area (Å²) in [5, 5.41) is 31.8. The Bertz CT molecular complexity index is 1170. The fraction of sp³-hybridized carbons (Fsp3) is 0.440. The van der Waals surface area contributed by atoms with Gasteiger partial charge in [-0.2, -0.15) is 0 Å². The molecule has 10 N–H and O–H groups in total. The first-order valence-electron chi connectivity index (χ1n) is 12.6. The summed E-state index contributed by atoms with van der Waals surface area (Å²) in [5.41, 5.74) is 6.86. The molecule has 1 unspecified atom stereocenters. The van der Waals surface area contributed by atoms with E-state index >= 15 is 0 Å². The van der Waals surface area contributed by atoms with Gasteiger partial charge in [0.2, 0.25) is 30.0 Å². The molecule has 2 aromatic rings. The van der Waals surface area contributed by atoms with Crippen LogP contribution in [-0.2, 0) is 30.4 Å². The van der Waals surface area contributed by atoms with Gasteiger partial charge in [0.15, 0.2) is 0 Å². The highest BCUT2D eigenvalue weighted by molar-refractivity contribution is 5.94. The number of para-hydroxylation sites is 1. The predicted octanol–water partition coefficient (Wildman–Crippen LogP) is -3.22. The number of aliphatic hydroxyl groups excluding tert-OH is 2. The number of fused-ring (bicyclic) bond motifs is 1. The van der Waals surface area contributed by atoms with Gasteiger partial charge >= 0.3 is 0 Å². The number of aliphatic imine (C=N–C) groups is 1. The van der Waals surface area contributed by atoms with Gasteiger partial charge in [0, 0.05) is 36.6 Å². The molecule has 1 aromatic heterocycles. The first-order valence-corrected chi connectivity index (χ1v) is 12.6. The second-order valence-corrected chi connectivity index (χ2v) is 8.80. The Morgan fingerprint density at radius 3 is 2.52 bits per heavy atom. The number of carbonyl (C=O) groups excluding carboxylic acids is 5. The van der Waals surface area contributed by atoms with Gasteiger partial charge in [-0.15, -0.1) is 0 Å². The third-order valence-corrected chi connectivity index (χ3v) is 5.78. The van der Waals surface area contributed by atoms with Crippen molar-refractivity contribution in [3.8, 4) is 0 Å². The van der Waals surface area contributed by atoms with E-state index in [0.717, 1.165) is 22.8 Å². The Morgan fingerprint density at radius 1 is 1.02 bits per heavy atom. The number of nitrogens with two attached hydrogens (primary N) is 1. The molecule has 40 heavy (non-hydrogen) atoms. The van der Waals surface area contributed by atoms with Crippen molar-refractivity contribution < 1.29 is 34.2 Å². The van der Waals surface area contributed by atoms with E-state index in [1.54, 1.807) is 6.20 Å². The maximum atomic E-state index is 13.3. The molecule has 0 aliphatic rings. The minimum Gasteiger partial charge on any atom is -0.394 e. The Labute approximate surface area is 230 Å². The van der Waals surface area contributed by atoms with Crippen molar-refractivity contribution in [1.29, 1.82) is 0 Å². The zero-order valence-electron chi connectivity index (χ0n) is 21.9. The number of amides is 5. The van der Waals surface area contributed by atoms with Gasteiger partial charge in [-0.05, 0) is 24.5 Å². The van der Waals surface area contributed by atoms with Gasteiger partial charge < -0.3 is 47.5 Å². The van der Waals surface area contributed by atoms with E-state index in [4.69, 9.17) is 10.8 Å². The Balaban J connectivity index is 2.17. The predicted molar refractivity (Wildman–Crippen MR) is 146 cm³/mol. The number of benzene rings is 1. The minimum atomic E-state index is -1.18. The fourth-order valence-corrected chi connectivity index (χ4v) is 3.76. The lowest BCUT2D eigenvalue weighted by Gasteiger charge is -2.23. The summed E-state index contributed by atoms with van der Waals surface area (Å²) in [6.45, 7) is -1.25. The van der Waals surface area contributed by atoms with Crippen LogP contribution in [0.15, 0.2) is 35.5 Å². The van der Waals surface area contributed by atoms with E-state index in [0.29, 0.717) is 19.4 Å². The van der Waals surface area contributed by atoms with E-state index in [1.807, 2.05) is 24.3 Å². The van der Waals surface area contributed by atoms with Crippen molar-refractivity contribution >= 4 is 47.3 Å². The number of rotatable bonds is 18. The lowest BCUT2D eigenvalue weighted by Crippen LogP contribution is -2.56. The SMILES string of the molecule is NC=NCCC[C@H](NC(=O)CNC(=O)CNC=O)C(=O)N[C@@H](Cc1c[nH]c2ccccc12)C(=O)NCC(O)CO. The van der Waals surface area contributed by atoms with Gasteiger partial charge in [-0.1, -0.05) is 18.2 Å². The fourth-order valence-electron chi connectivity index (χ4n) is 3.76. The molecule has 0 aliphatic carbocycles. The van der Waals surface area contributed by atoms with Crippen molar-refractivity contribution in [2.45, 2.75) is 37.5 Å². The summed E-state index contributed by atoms with van der Waals surface area (Å²) < 4.78 is 0. The molecule has 3 atom stereocenters. The van der Waals surface area contributed by atoms with E-state index in [1.165, 1.54) is 0 Å². The third kappa shape index (κ3) is 10.7. The molecule has 0 radical (unpaired) electrons. The number of carbonyl (C=O) groups is 5. The molecule has 0 aliphatic heterocycles. The van der Waals surface area contributed by atoms with Gasteiger partial charge in [-0.3, -0.25) is 29.0 Å². The number of nitrogens with zero attached hydrogens (tertiary/aromatic N) is 1. The maximum absolute atomic E-state index is 13.3. The Hall–Kier alpha value is -4.50. The molecule has 0 spiro atoms.